The van der Waals surface area contributed by atoms with Gasteiger partial charge in [-0.3, -0.25) is 4.90 Å². The van der Waals surface area contributed by atoms with E-state index in [0.717, 1.165) is 13.2 Å². The van der Waals surface area contributed by atoms with Crippen molar-refractivity contribution in [3.63, 3.8) is 0 Å². The van der Waals surface area contributed by atoms with Gasteiger partial charge in [-0.1, -0.05) is 6.42 Å². The van der Waals surface area contributed by atoms with Crippen molar-refractivity contribution in [3.8, 4) is 0 Å². The number of nitrogens with zero attached hydrogens (tertiary/aromatic N) is 1. The minimum absolute atomic E-state index is 0.165. The van der Waals surface area contributed by atoms with Gasteiger partial charge in [-0.2, -0.15) is 0 Å². The van der Waals surface area contributed by atoms with Crippen LogP contribution in [-0.4, -0.2) is 30.8 Å². The summed E-state index contributed by atoms with van der Waals surface area (Å²) < 4.78 is 5.82. The quantitative estimate of drug-likeness (QED) is 0.527. The van der Waals surface area contributed by atoms with Gasteiger partial charge in [0.2, 0.25) is 0 Å². The van der Waals surface area contributed by atoms with Crippen LogP contribution >= 0.6 is 0 Å². The van der Waals surface area contributed by atoms with E-state index in [0.29, 0.717) is 0 Å². The molecule has 0 atom stereocenters. The van der Waals surface area contributed by atoms with Crippen LogP contribution in [0.1, 0.15) is 32.1 Å². The van der Waals surface area contributed by atoms with Crippen LogP contribution in [0.25, 0.3) is 0 Å². The Balaban J connectivity index is 2.06. The number of likely N-dealkylation sites (N-methyl/N-ethyl adjacent to an activating group) is 1. The molecule has 2 rings (SSSR count). The van der Waals surface area contributed by atoms with Gasteiger partial charge in [0.1, 0.15) is 5.72 Å². The first kappa shape index (κ1) is 7.56. The van der Waals surface area contributed by atoms with E-state index in [1.54, 1.807) is 0 Å². The fraction of sp³-hybridized carbons (Fsp3) is 1.00. The van der Waals surface area contributed by atoms with Gasteiger partial charge in [0.05, 0.1) is 6.61 Å². The van der Waals surface area contributed by atoms with Gasteiger partial charge in [0, 0.05) is 6.54 Å². The Morgan fingerprint density at radius 2 is 1.91 bits per heavy atom. The van der Waals surface area contributed by atoms with E-state index >= 15 is 0 Å². The predicted octanol–water partition coefficient (Wildman–Crippen LogP) is 1.61. The lowest BCUT2D eigenvalue weighted by Gasteiger charge is -2.37. The molecule has 0 aromatic carbocycles. The van der Waals surface area contributed by atoms with Crippen molar-refractivity contribution in [3.05, 3.63) is 0 Å². The van der Waals surface area contributed by atoms with Crippen LogP contribution in [0.2, 0.25) is 0 Å². The molecule has 1 spiro atoms. The molecule has 0 radical (unpaired) electrons. The third-order valence-electron chi connectivity index (χ3n) is 3.13. The van der Waals surface area contributed by atoms with Crippen LogP contribution in [0.15, 0.2) is 0 Å². The second-order valence-electron chi connectivity index (χ2n) is 3.78. The summed E-state index contributed by atoms with van der Waals surface area (Å²) in [6.07, 6.45) is 6.61. The standard InChI is InChI=1S/C9H17NO/c1-10-7-8-11-9(10)5-3-2-4-6-9/h2-8H2,1H3. The van der Waals surface area contributed by atoms with Crippen LogP contribution in [-0.2, 0) is 4.74 Å². The third-order valence-corrected chi connectivity index (χ3v) is 3.13. The molecular formula is C9H17NO. The van der Waals surface area contributed by atoms with Gasteiger partial charge >= 0.3 is 0 Å². The number of hydrogen-bond donors (Lipinski definition) is 0. The van der Waals surface area contributed by atoms with Crippen molar-refractivity contribution in [1.29, 1.82) is 0 Å². The summed E-state index contributed by atoms with van der Waals surface area (Å²) in [7, 11) is 2.19. The average molecular weight is 155 g/mol. The first-order chi connectivity index (χ1) is 5.33. The van der Waals surface area contributed by atoms with E-state index in [-0.39, 0.29) is 5.72 Å². The Morgan fingerprint density at radius 3 is 2.45 bits per heavy atom. The highest BCUT2D eigenvalue weighted by Crippen LogP contribution is 2.36. The van der Waals surface area contributed by atoms with Crippen molar-refractivity contribution in [2.24, 2.45) is 0 Å². The Kier molecular flexibility index (Phi) is 1.90. The maximum absolute atomic E-state index is 5.82. The Labute approximate surface area is 68.5 Å². The fourth-order valence-electron chi connectivity index (χ4n) is 2.32. The van der Waals surface area contributed by atoms with Crippen LogP contribution in [0.3, 0.4) is 0 Å². The number of rotatable bonds is 0. The van der Waals surface area contributed by atoms with Crippen LogP contribution in [0, 0.1) is 0 Å². The molecule has 2 aliphatic rings. The molecule has 64 valence electrons. The maximum Gasteiger partial charge on any atom is 0.121 e. The summed E-state index contributed by atoms with van der Waals surface area (Å²) in [5.41, 5.74) is 0.165. The molecule has 0 amide bonds. The number of ether oxygens (including phenoxy) is 1. The summed E-state index contributed by atoms with van der Waals surface area (Å²) >= 11 is 0. The molecular weight excluding hydrogens is 138 g/mol. The highest BCUT2D eigenvalue weighted by Gasteiger charge is 2.40. The minimum atomic E-state index is 0.165. The minimum Gasteiger partial charge on any atom is -0.359 e. The molecule has 2 nitrogen and oxygen atoms in total. The molecule has 0 N–H and O–H groups in total. The van der Waals surface area contributed by atoms with E-state index in [9.17, 15) is 0 Å². The summed E-state index contributed by atoms with van der Waals surface area (Å²) in [6, 6.07) is 0. The lowest BCUT2D eigenvalue weighted by molar-refractivity contribution is -0.0972. The van der Waals surface area contributed by atoms with Crippen molar-refractivity contribution >= 4 is 0 Å². The van der Waals surface area contributed by atoms with Gasteiger partial charge < -0.3 is 4.74 Å². The zero-order valence-electron chi connectivity index (χ0n) is 7.31. The zero-order chi connectivity index (χ0) is 7.73. The normalized spacial score (nSPS) is 31.4. The van der Waals surface area contributed by atoms with Crippen LogP contribution in [0.5, 0.6) is 0 Å². The van der Waals surface area contributed by atoms with Gasteiger partial charge in [-0.15, -0.1) is 0 Å². The number of hydrogen-bond acceptors (Lipinski definition) is 2. The monoisotopic (exact) mass is 155 g/mol. The first-order valence-electron chi connectivity index (χ1n) is 4.69. The molecule has 0 bridgehead atoms. The molecule has 1 aliphatic heterocycles. The van der Waals surface area contributed by atoms with E-state index in [4.69, 9.17) is 4.74 Å². The van der Waals surface area contributed by atoms with Gasteiger partial charge in [-0.25, -0.2) is 0 Å². The Morgan fingerprint density at radius 1 is 1.18 bits per heavy atom. The highest BCUT2D eigenvalue weighted by molar-refractivity contribution is 4.86. The SMILES string of the molecule is CN1CCOC12CCCCC2. The van der Waals surface area contributed by atoms with Crippen LogP contribution in [0.4, 0.5) is 0 Å². The third kappa shape index (κ3) is 1.18. The molecule has 0 aromatic rings. The van der Waals surface area contributed by atoms with E-state index in [2.05, 4.69) is 11.9 Å². The van der Waals surface area contributed by atoms with Crippen molar-refractivity contribution in [2.75, 3.05) is 20.2 Å². The van der Waals surface area contributed by atoms with Gasteiger partial charge in [0.25, 0.3) is 0 Å². The fourth-order valence-corrected chi connectivity index (χ4v) is 2.32. The summed E-state index contributed by atoms with van der Waals surface area (Å²) in [4.78, 5) is 2.40. The zero-order valence-corrected chi connectivity index (χ0v) is 7.31. The van der Waals surface area contributed by atoms with Crippen molar-refractivity contribution in [2.45, 2.75) is 37.8 Å². The molecule has 0 aromatic heterocycles. The second-order valence-corrected chi connectivity index (χ2v) is 3.78. The highest BCUT2D eigenvalue weighted by atomic mass is 16.5. The van der Waals surface area contributed by atoms with E-state index in [1.165, 1.54) is 32.1 Å². The molecule has 1 aliphatic carbocycles. The molecule has 2 fully saturated rings. The second kappa shape index (κ2) is 2.76. The maximum atomic E-state index is 5.82. The molecule has 11 heavy (non-hydrogen) atoms. The Bertz CT molecular complexity index is 140. The van der Waals surface area contributed by atoms with Crippen molar-refractivity contribution < 1.29 is 4.74 Å². The summed E-state index contributed by atoms with van der Waals surface area (Å²) in [6.45, 7) is 2.07. The topological polar surface area (TPSA) is 12.5 Å². The summed E-state index contributed by atoms with van der Waals surface area (Å²) in [5, 5.41) is 0. The predicted molar refractivity (Wildman–Crippen MR) is 44.4 cm³/mol. The lowest BCUT2D eigenvalue weighted by atomic mass is 9.91. The molecule has 1 saturated carbocycles. The van der Waals surface area contributed by atoms with Gasteiger partial charge in [0.15, 0.2) is 0 Å². The Hall–Kier alpha value is -0.0800. The molecule has 0 unspecified atom stereocenters. The van der Waals surface area contributed by atoms with Crippen LogP contribution < -0.4 is 0 Å². The lowest BCUT2D eigenvalue weighted by Crippen LogP contribution is -2.43. The smallest absolute Gasteiger partial charge is 0.121 e. The summed E-state index contributed by atoms with van der Waals surface area (Å²) in [5.74, 6) is 0. The first-order valence-corrected chi connectivity index (χ1v) is 4.69. The van der Waals surface area contributed by atoms with Crippen molar-refractivity contribution in [1.82, 2.24) is 4.90 Å². The molecule has 1 heterocycles. The molecule has 2 heteroatoms. The average Bonchev–Trinajstić information content (AvgIpc) is 2.36. The molecule has 1 saturated heterocycles. The van der Waals surface area contributed by atoms with Gasteiger partial charge in [-0.05, 0) is 32.7 Å². The van der Waals surface area contributed by atoms with E-state index < -0.39 is 0 Å². The largest absolute Gasteiger partial charge is 0.359 e. The van der Waals surface area contributed by atoms with E-state index in [1.807, 2.05) is 0 Å².